The number of allylic oxidation sites excluding steroid dienone is 4. The van der Waals surface area contributed by atoms with Gasteiger partial charge in [-0.05, 0) is 57.6 Å². The van der Waals surface area contributed by atoms with Gasteiger partial charge in [0.1, 0.15) is 5.75 Å². The fourth-order valence-corrected chi connectivity index (χ4v) is 5.97. The molecular weight excluding hydrogens is 494 g/mol. The zero-order valence-corrected chi connectivity index (χ0v) is 23.0. The first-order chi connectivity index (χ1) is 15.9. The second-order valence-corrected chi connectivity index (χ2v) is 12.3. The van der Waals surface area contributed by atoms with Gasteiger partial charge in [-0.3, -0.25) is 4.79 Å². The van der Waals surface area contributed by atoms with E-state index in [4.69, 9.17) is 16.3 Å². The number of aromatic nitrogens is 1. The zero-order valence-electron chi connectivity index (χ0n) is 20.6. The first kappa shape index (κ1) is 28.3. The molecule has 2 unspecified atom stereocenters. The highest BCUT2D eigenvalue weighted by Gasteiger charge is 2.31. The van der Waals surface area contributed by atoms with E-state index in [1.54, 1.807) is 23.9 Å². The molecule has 0 spiro atoms. The summed E-state index contributed by atoms with van der Waals surface area (Å²) in [5, 5.41) is 10.5. The van der Waals surface area contributed by atoms with Gasteiger partial charge < -0.3 is 14.4 Å². The number of nitrogens with zero attached hydrogens (tertiary/aromatic N) is 1. The third-order valence-corrected chi connectivity index (χ3v) is 8.03. The molecule has 1 aromatic carbocycles. The van der Waals surface area contributed by atoms with E-state index < -0.39 is 15.8 Å². The Balaban J connectivity index is 0.000000604. The fourth-order valence-electron chi connectivity index (χ4n) is 4.05. The largest absolute Gasteiger partial charge is 0.496 e. The molecule has 2 heterocycles. The Kier molecular flexibility index (Phi) is 10.2. The van der Waals surface area contributed by atoms with E-state index >= 15 is 0 Å². The zero-order chi connectivity index (χ0) is 25.6. The number of carbonyl (C=O) groups is 1. The minimum atomic E-state index is -3.41. The monoisotopic (exact) mass is 527 g/mol. The summed E-state index contributed by atoms with van der Waals surface area (Å²) in [6.07, 6.45) is 8.77. The van der Waals surface area contributed by atoms with E-state index in [0.29, 0.717) is 5.75 Å². The van der Waals surface area contributed by atoms with Gasteiger partial charge in [0.05, 0.1) is 29.3 Å². The van der Waals surface area contributed by atoms with Crippen molar-refractivity contribution in [2.75, 3.05) is 13.4 Å². The number of hydrogen-bond donors (Lipinski definition) is 1. The average molecular weight is 528 g/mol. The van der Waals surface area contributed by atoms with Gasteiger partial charge in [0.2, 0.25) is 0 Å². The van der Waals surface area contributed by atoms with Crippen LogP contribution in [0.1, 0.15) is 58.6 Å². The standard InChI is InChI=1S/C20H25NO5S2.C5H9Cl/c1-5-12(2)27-20-18-15(10-14(28(4,24)25)11-16(18)26-3)21-8-6-7-13(19(20)21)9-17(22)23;1-3-4-5(2)6/h5,10-11,13H,6-9H2,1-4H3,(H,22,23);3-5H,1-2H3/b12-5+;4-3-. The molecule has 6 nitrogen and oxygen atoms in total. The summed E-state index contributed by atoms with van der Waals surface area (Å²) < 4.78 is 32.1. The number of fused-ring (bicyclic) bond motifs is 3. The van der Waals surface area contributed by atoms with Crippen molar-refractivity contribution < 1.29 is 23.1 Å². The first-order valence-electron chi connectivity index (χ1n) is 11.2. The van der Waals surface area contributed by atoms with Gasteiger partial charge in [-0.2, -0.15) is 0 Å². The van der Waals surface area contributed by atoms with Crippen LogP contribution in [-0.2, 0) is 21.2 Å². The highest BCUT2D eigenvalue weighted by Crippen LogP contribution is 2.48. The van der Waals surface area contributed by atoms with Gasteiger partial charge in [0.25, 0.3) is 0 Å². The second-order valence-electron chi connectivity index (χ2n) is 8.30. The van der Waals surface area contributed by atoms with E-state index in [0.717, 1.165) is 45.8 Å². The number of aryl methyl sites for hydroxylation is 1. The summed E-state index contributed by atoms with van der Waals surface area (Å²) in [6.45, 7) is 8.59. The fraction of sp³-hybridized carbons (Fsp3) is 0.480. The van der Waals surface area contributed by atoms with Crippen LogP contribution in [0.15, 0.2) is 45.1 Å². The van der Waals surface area contributed by atoms with Crippen molar-refractivity contribution in [2.45, 2.75) is 74.6 Å². The normalized spacial score (nSPS) is 17.3. The third kappa shape index (κ3) is 6.83. The molecular formula is C25H34ClNO5S2. The maximum Gasteiger partial charge on any atom is 0.304 e. The molecule has 2 aromatic rings. The Morgan fingerprint density at radius 3 is 2.53 bits per heavy atom. The lowest BCUT2D eigenvalue weighted by atomic mass is 9.93. The summed E-state index contributed by atoms with van der Waals surface area (Å²) in [5.74, 6) is -0.441. The molecule has 0 saturated carbocycles. The topological polar surface area (TPSA) is 85.6 Å². The number of alkyl halides is 1. The van der Waals surface area contributed by atoms with Crippen LogP contribution in [0.5, 0.6) is 5.75 Å². The molecule has 2 atom stereocenters. The van der Waals surface area contributed by atoms with Crippen LogP contribution in [0.2, 0.25) is 0 Å². The lowest BCUT2D eigenvalue weighted by Crippen LogP contribution is -2.18. The van der Waals surface area contributed by atoms with Crippen molar-refractivity contribution in [2.24, 2.45) is 0 Å². The van der Waals surface area contributed by atoms with Crippen molar-refractivity contribution in [3.63, 3.8) is 0 Å². The number of methoxy groups -OCH3 is 1. The highest BCUT2D eigenvalue weighted by molar-refractivity contribution is 8.03. The van der Waals surface area contributed by atoms with E-state index in [9.17, 15) is 18.3 Å². The Labute approximate surface area is 211 Å². The molecule has 1 aliphatic heterocycles. The maximum absolute atomic E-state index is 12.2. The molecule has 0 fully saturated rings. The number of benzene rings is 1. The summed E-state index contributed by atoms with van der Waals surface area (Å²) in [6, 6.07) is 3.25. The second kappa shape index (κ2) is 12.2. The van der Waals surface area contributed by atoms with Crippen molar-refractivity contribution in [1.29, 1.82) is 0 Å². The molecule has 1 N–H and O–H groups in total. The van der Waals surface area contributed by atoms with Crippen LogP contribution in [0, 0.1) is 0 Å². The minimum Gasteiger partial charge on any atom is -0.496 e. The molecule has 1 aliphatic rings. The van der Waals surface area contributed by atoms with Gasteiger partial charge in [-0.25, -0.2) is 8.42 Å². The summed E-state index contributed by atoms with van der Waals surface area (Å²) >= 11 is 7.08. The number of aliphatic carboxylic acids is 1. The molecule has 3 rings (SSSR count). The Bertz CT molecular complexity index is 1200. The van der Waals surface area contributed by atoms with Crippen LogP contribution in [0.4, 0.5) is 0 Å². The number of carboxylic acid groups (broad SMARTS) is 1. The molecule has 9 heteroatoms. The average Bonchev–Trinajstić information content (AvgIpc) is 3.07. The quantitative estimate of drug-likeness (QED) is 0.247. The summed E-state index contributed by atoms with van der Waals surface area (Å²) in [7, 11) is -1.88. The number of sulfone groups is 1. The number of halogens is 1. The lowest BCUT2D eigenvalue weighted by molar-refractivity contribution is -0.137. The Hall–Kier alpha value is -1.90. The molecule has 0 bridgehead atoms. The van der Waals surface area contributed by atoms with E-state index in [1.807, 2.05) is 45.9 Å². The maximum atomic E-state index is 12.2. The van der Waals surface area contributed by atoms with Gasteiger partial charge in [-0.1, -0.05) is 30.0 Å². The molecule has 188 valence electrons. The van der Waals surface area contributed by atoms with Crippen LogP contribution in [-0.4, -0.2) is 42.8 Å². The van der Waals surface area contributed by atoms with Crippen LogP contribution in [0.3, 0.4) is 0 Å². The predicted molar refractivity (Wildman–Crippen MR) is 141 cm³/mol. The van der Waals surface area contributed by atoms with Crippen LogP contribution in [0.25, 0.3) is 10.9 Å². The molecule has 34 heavy (non-hydrogen) atoms. The van der Waals surface area contributed by atoms with Gasteiger partial charge in [0, 0.05) is 34.7 Å². The molecule has 1 aromatic heterocycles. The molecule has 0 aliphatic carbocycles. The number of ether oxygens (including phenoxy) is 1. The summed E-state index contributed by atoms with van der Waals surface area (Å²) in [5.41, 5.74) is 1.76. The molecule has 0 saturated heterocycles. The van der Waals surface area contributed by atoms with E-state index in [1.165, 1.54) is 13.4 Å². The lowest BCUT2D eigenvalue weighted by Gasteiger charge is -2.25. The number of hydrogen-bond acceptors (Lipinski definition) is 5. The number of thioether (sulfide) groups is 1. The number of rotatable bonds is 7. The van der Waals surface area contributed by atoms with Gasteiger partial charge >= 0.3 is 5.97 Å². The smallest absolute Gasteiger partial charge is 0.304 e. The van der Waals surface area contributed by atoms with Crippen LogP contribution < -0.4 is 4.74 Å². The Morgan fingerprint density at radius 2 is 2.06 bits per heavy atom. The van der Waals surface area contributed by atoms with Crippen molar-refractivity contribution in [3.05, 3.63) is 41.0 Å². The summed E-state index contributed by atoms with van der Waals surface area (Å²) in [4.78, 5) is 13.7. The molecule has 0 amide bonds. The highest BCUT2D eigenvalue weighted by atomic mass is 35.5. The number of carboxylic acids is 1. The Morgan fingerprint density at radius 1 is 1.38 bits per heavy atom. The van der Waals surface area contributed by atoms with Crippen molar-refractivity contribution in [3.8, 4) is 5.75 Å². The predicted octanol–water partition coefficient (Wildman–Crippen LogP) is 6.61. The van der Waals surface area contributed by atoms with E-state index in [2.05, 4.69) is 4.57 Å². The molecule has 0 radical (unpaired) electrons. The van der Waals surface area contributed by atoms with Crippen molar-refractivity contribution >= 4 is 50.1 Å². The van der Waals surface area contributed by atoms with Crippen LogP contribution >= 0.6 is 23.4 Å². The van der Waals surface area contributed by atoms with Gasteiger partial charge in [-0.15, -0.1) is 11.6 Å². The first-order valence-corrected chi connectivity index (χ1v) is 14.3. The SMILES string of the molecule is C/C=C(\C)Sc1c2n(c3cc(S(C)(=O)=O)cc(OC)c13)CCCC2CC(=O)O.C/C=C\C(C)Cl. The van der Waals surface area contributed by atoms with E-state index in [-0.39, 0.29) is 22.6 Å². The van der Waals surface area contributed by atoms with Gasteiger partial charge in [0.15, 0.2) is 9.84 Å². The van der Waals surface area contributed by atoms with Crippen molar-refractivity contribution in [1.82, 2.24) is 4.57 Å². The minimum absolute atomic E-state index is 0.0556. The third-order valence-electron chi connectivity index (χ3n) is 5.61.